The van der Waals surface area contributed by atoms with Crippen molar-refractivity contribution in [3.63, 3.8) is 0 Å². The van der Waals surface area contributed by atoms with Gasteiger partial charge in [0.2, 0.25) is 0 Å². The van der Waals surface area contributed by atoms with Crippen LogP contribution in [0.15, 0.2) is 24.3 Å². The number of Topliss-reactive ketones (excluding diaryl/α,β-unsaturated/α-hetero) is 1. The lowest BCUT2D eigenvalue weighted by Crippen LogP contribution is -2.31. The number of carbonyl (C=O) groups excluding carboxylic acids is 1. The number of nitrogens with zero attached hydrogens (tertiary/aromatic N) is 1. The monoisotopic (exact) mass is 245 g/mol. The topological polar surface area (TPSA) is 20.3 Å². The molecule has 0 saturated heterocycles. The molecule has 0 spiro atoms. The van der Waals surface area contributed by atoms with Crippen molar-refractivity contribution in [2.45, 2.75) is 46.1 Å². The van der Waals surface area contributed by atoms with Crippen molar-refractivity contribution in [3.8, 4) is 0 Å². The van der Waals surface area contributed by atoms with Gasteiger partial charge in [0.05, 0.1) is 0 Å². The van der Waals surface area contributed by atoms with E-state index < -0.39 is 0 Å². The zero-order valence-corrected chi connectivity index (χ0v) is 11.6. The van der Waals surface area contributed by atoms with Crippen LogP contribution in [0.3, 0.4) is 0 Å². The first-order chi connectivity index (χ1) is 8.63. The average Bonchev–Trinajstić information content (AvgIpc) is 3.19. The normalized spacial score (nSPS) is 14.9. The predicted molar refractivity (Wildman–Crippen MR) is 76.3 cm³/mol. The van der Waals surface area contributed by atoms with Gasteiger partial charge >= 0.3 is 0 Å². The summed E-state index contributed by atoms with van der Waals surface area (Å²) in [5, 5.41) is 0. The Morgan fingerprint density at radius 2 is 2.00 bits per heavy atom. The molecule has 0 aliphatic heterocycles. The fraction of sp³-hybridized carbons (Fsp3) is 0.562. The molecule has 1 fully saturated rings. The van der Waals surface area contributed by atoms with E-state index in [9.17, 15) is 4.79 Å². The lowest BCUT2D eigenvalue weighted by molar-refractivity contribution is 0.0988. The molecule has 2 rings (SSSR count). The molecule has 1 aliphatic carbocycles. The van der Waals surface area contributed by atoms with E-state index in [2.05, 4.69) is 24.8 Å². The van der Waals surface area contributed by atoms with Gasteiger partial charge in [-0.15, -0.1) is 0 Å². The fourth-order valence-corrected chi connectivity index (χ4v) is 2.37. The van der Waals surface area contributed by atoms with Crippen LogP contribution < -0.4 is 4.90 Å². The molecule has 0 heterocycles. The average molecular weight is 245 g/mol. The highest BCUT2D eigenvalue weighted by molar-refractivity contribution is 6.01. The minimum Gasteiger partial charge on any atom is -0.368 e. The van der Waals surface area contributed by atoms with Crippen LogP contribution >= 0.6 is 0 Å². The smallest absolute Gasteiger partial charge is 0.164 e. The standard InChI is InChI=1S/C16H23NO/c1-4-16(18)14-7-5-6-8-15(14)17(11-12(2)3)13-9-10-13/h5-8,12-13H,4,9-11H2,1-3H3. The number of hydrogen-bond donors (Lipinski definition) is 0. The second kappa shape index (κ2) is 5.55. The molecule has 1 aliphatic rings. The van der Waals surface area contributed by atoms with E-state index in [4.69, 9.17) is 0 Å². The number of ketones is 1. The van der Waals surface area contributed by atoms with Crippen LogP contribution in [0.25, 0.3) is 0 Å². The summed E-state index contributed by atoms with van der Waals surface area (Å²) in [6, 6.07) is 8.73. The molecule has 0 aromatic heterocycles. The highest BCUT2D eigenvalue weighted by atomic mass is 16.1. The quantitative estimate of drug-likeness (QED) is 0.708. The van der Waals surface area contributed by atoms with Crippen molar-refractivity contribution in [1.82, 2.24) is 0 Å². The summed E-state index contributed by atoms with van der Waals surface area (Å²) < 4.78 is 0. The molecule has 0 radical (unpaired) electrons. The van der Waals surface area contributed by atoms with Gasteiger partial charge in [0.15, 0.2) is 5.78 Å². The van der Waals surface area contributed by atoms with Crippen LogP contribution in [-0.4, -0.2) is 18.4 Å². The Morgan fingerprint density at radius 3 is 2.56 bits per heavy atom. The second-order valence-electron chi connectivity index (χ2n) is 5.57. The van der Waals surface area contributed by atoms with Crippen molar-refractivity contribution >= 4 is 11.5 Å². The first-order valence-corrected chi connectivity index (χ1v) is 7.02. The highest BCUT2D eigenvalue weighted by Crippen LogP contribution is 2.34. The van der Waals surface area contributed by atoms with E-state index >= 15 is 0 Å². The SMILES string of the molecule is CCC(=O)c1ccccc1N(CC(C)C)C1CC1. The van der Waals surface area contributed by atoms with E-state index in [-0.39, 0.29) is 5.78 Å². The van der Waals surface area contributed by atoms with Crippen LogP contribution in [0.1, 0.15) is 50.4 Å². The maximum absolute atomic E-state index is 12.0. The fourth-order valence-electron chi connectivity index (χ4n) is 2.37. The van der Waals surface area contributed by atoms with Gasteiger partial charge in [-0.1, -0.05) is 32.9 Å². The van der Waals surface area contributed by atoms with Gasteiger partial charge in [-0.05, 0) is 30.9 Å². The number of benzene rings is 1. The van der Waals surface area contributed by atoms with Crippen LogP contribution in [0.4, 0.5) is 5.69 Å². The van der Waals surface area contributed by atoms with Crippen LogP contribution in [0.5, 0.6) is 0 Å². The highest BCUT2D eigenvalue weighted by Gasteiger charge is 2.31. The third-order valence-electron chi connectivity index (χ3n) is 3.38. The number of rotatable bonds is 6. The van der Waals surface area contributed by atoms with Crippen LogP contribution in [-0.2, 0) is 0 Å². The molecule has 2 heteroatoms. The van der Waals surface area contributed by atoms with Crippen molar-refractivity contribution in [3.05, 3.63) is 29.8 Å². The van der Waals surface area contributed by atoms with Crippen LogP contribution in [0, 0.1) is 5.92 Å². The van der Waals surface area contributed by atoms with Crippen molar-refractivity contribution in [2.24, 2.45) is 5.92 Å². The number of para-hydroxylation sites is 1. The second-order valence-corrected chi connectivity index (χ2v) is 5.57. The molecule has 0 atom stereocenters. The van der Waals surface area contributed by atoms with E-state index in [1.54, 1.807) is 0 Å². The van der Waals surface area contributed by atoms with Crippen molar-refractivity contribution < 1.29 is 4.79 Å². The number of anilines is 1. The summed E-state index contributed by atoms with van der Waals surface area (Å²) in [6.45, 7) is 7.45. The minimum absolute atomic E-state index is 0.250. The van der Waals surface area contributed by atoms with Gasteiger partial charge < -0.3 is 4.90 Å². The summed E-state index contributed by atoms with van der Waals surface area (Å²) in [4.78, 5) is 14.5. The Kier molecular flexibility index (Phi) is 4.05. The van der Waals surface area contributed by atoms with Gasteiger partial charge in [0.25, 0.3) is 0 Å². The van der Waals surface area contributed by atoms with Gasteiger partial charge in [0, 0.05) is 30.3 Å². The van der Waals surface area contributed by atoms with Gasteiger partial charge in [-0.2, -0.15) is 0 Å². The predicted octanol–water partition coefficient (Wildman–Crippen LogP) is 3.90. The molecule has 0 bridgehead atoms. The van der Waals surface area contributed by atoms with Gasteiger partial charge in [0.1, 0.15) is 0 Å². The molecule has 1 saturated carbocycles. The maximum Gasteiger partial charge on any atom is 0.164 e. The lowest BCUT2D eigenvalue weighted by atomic mass is 10.0. The molecule has 0 N–H and O–H groups in total. The summed E-state index contributed by atoms with van der Waals surface area (Å²) in [7, 11) is 0. The maximum atomic E-state index is 12.0. The Bertz CT molecular complexity index is 421. The molecule has 18 heavy (non-hydrogen) atoms. The Labute approximate surface area is 110 Å². The molecule has 1 aromatic rings. The third-order valence-corrected chi connectivity index (χ3v) is 3.38. The summed E-state index contributed by atoms with van der Waals surface area (Å²) >= 11 is 0. The molecule has 98 valence electrons. The third kappa shape index (κ3) is 2.92. The van der Waals surface area contributed by atoms with E-state index in [0.29, 0.717) is 18.4 Å². The minimum atomic E-state index is 0.250. The summed E-state index contributed by atoms with van der Waals surface area (Å²) in [6.07, 6.45) is 3.11. The molecule has 0 amide bonds. The van der Waals surface area contributed by atoms with Crippen molar-refractivity contribution in [1.29, 1.82) is 0 Å². The van der Waals surface area contributed by atoms with E-state index in [1.807, 2.05) is 25.1 Å². The number of hydrogen-bond acceptors (Lipinski definition) is 2. The summed E-state index contributed by atoms with van der Waals surface area (Å²) in [5.41, 5.74) is 2.04. The lowest BCUT2D eigenvalue weighted by Gasteiger charge is -2.28. The number of carbonyl (C=O) groups is 1. The Balaban J connectivity index is 2.31. The van der Waals surface area contributed by atoms with E-state index in [0.717, 1.165) is 17.8 Å². The molecular weight excluding hydrogens is 222 g/mol. The van der Waals surface area contributed by atoms with Crippen LogP contribution in [0.2, 0.25) is 0 Å². The zero-order chi connectivity index (χ0) is 13.1. The Morgan fingerprint density at radius 1 is 1.33 bits per heavy atom. The molecule has 2 nitrogen and oxygen atoms in total. The molecule has 0 unspecified atom stereocenters. The molecule has 1 aromatic carbocycles. The summed E-state index contributed by atoms with van der Waals surface area (Å²) in [5.74, 6) is 0.871. The first-order valence-electron chi connectivity index (χ1n) is 7.02. The molecular formula is C16H23NO. The van der Waals surface area contributed by atoms with Crippen molar-refractivity contribution in [2.75, 3.05) is 11.4 Å². The van der Waals surface area contributed by atoms with Gasteiger partial charge in [-0.25, -0.2) is 0 Å². The first kappa shape index (κ1) is 13.1. The van der Waals surface area contributed by atoms with Gasteiger partial charge in [-0.3, -0.25) is 4.79 Å². The van der Waals surface area contributed by atoms with E-state index in [1.165, 1.54) is 12.8 Å². The largest absolute Gasteiger partial charge is 0.368 e. The Hall–Kier alpha value is -1.31. The zero-order valence-electron chi connectivity index (χ0n) is 11.6.